The molecule has 0 aliphatic heterocycles. The van der Waals surface area contributed by atoms with Gasteiger partial charge in [-0.15, -0.1) is 0 Å². The molecule has 1 rings (SSSR count). The number of benzene rings is 1. The lowest BCUT2D eigenvalue weighted by Crippen LogP contribution is -2.39. The monoisotopic (exact) mass is 292 g/mol. The molecule has 0 spiro atoms. The summed E-state index contributed by atoms with van der Waals surface area (Å²) in [5, 5.41) is 2.71. The molecule has 1 unspecified atom stereocenters. The summed E-state index contributed by atoms with van der Waals surface area (Å²) in [5.41, 5.74) is 6.43. The molecule has 5 heteroatoms. The number of nitrogens with two attached hydrogens (primary N) is 1. The van der Waals surface area contributed by atoms with Crippen LogP contribution in [0, 0.1) is 0 Å². The van der Waals surface area contributed by atoms with Crippen LogP contribution in [0.2, 0.25) is 0 Å². The maximum absolute atomic E-state index is 11.8. The van der Waals surface area contributed by atoms with Gasteiger partial charge in [0, 0.05) is 19.0 Å². The van der Waals surface area contributed by atoms with Crippen molar-refractivity contribution in [3.8, 4) is 0 Å². The Hall–Kier alpha value is -1.88. The second kappa shape index (κ2) is 8.42. The lowest BCUT2D eigenvalue weighted by molar-refractivity contribution is -0.146. The molecule has 0 saturated carbocycles. The van der Waals surface area contributed by atoms with E-state index in [0.717, 1.165) is 12.0 Å². The third-order valence-electron chi connectivity index (χ3n) is 3.09. The van der Waals surface area contributed by atoms with Crippen LogP contribution in [0.5, 0.6) is 0 Å². The van der Waals surface area contributed by atoms with Crippen LogP contribution in [0.3, 0.4) is 0 Å². The minimum Gasteiger partial charge on any atom is -0.461 e. The standard InChI is InChI=1S/C16H24N2O3/c1-13(19)18-10-6-9-16(2,17)11-15(20)21-12-14-7-4-3-5-8-14/h3-5,7-8H,6,9-12,17H2,1-2H3,(H,18,19). The van der Waals surface area contributed by atoms with E-state index in [4.69, 9.17) is 10.5 Å². The highest BCUT2D eigenvalue weighted by Crippen LogP contribution is 2.14. The number of esters is 1. The Morgan fingerprint density at radius 1 is 1.29 bits per heavy atom. The van der Waals surface area contributed by atoms with Crippen LogP contribution >= 0.6 is 0 Å². The SMILES string of the molecule is CC(=O)NCCCC(C)(N)CC(=O)OCc1ccccc1. The van der Waals surface area contributed by atoms with Crippen LogP contribution in [0.15, 0.2) is 30.3 Å². The molecule has 0 radical (unpaired) electrons. The van der Waals surface area contributed by atoms with Crippen LogP contribution in [-0.2, 0) is 20.9 Å². The van der Waals surface area contributed by atoms with Crippen LogP contribution in [0.4, 0.5) is 0 Å². The number of amides is 1. The van der Waals surface area contributed by atoms with E-state index in [1.54, 1.807) is 0 Å². The zero-order valence-corrected chi connectivity index (χ0v) is 12.7. The Morgan fingerprint density at radius 2 is 1.95 bits per heavy atom. The van der Waals surface area contributed by atoms with Crippen LogP contribution in [0.25, 0.3) is 0 Å². The Morgan fingerprint density at radius 3 is 2.57 bits per heavy atom. The first-order chi connectivity index (χ1) is 9.89. The predicted molar refractivity (Wildman–Crippen MR) is 81.4 cm³/mol. The number of hydrogen-bond acceptors (Lipinski definition) is 4. The van der Waals surface area contributed by atoms with Crippen molar-refractivity contribution in [2.75, 3.05) is 6.54 Å². The molecule has 1 amide bonds. The Kier molecular flexibility index (Phi) is 6.88. The molecular formula is C16H24N2O3. The van der Waals surface area contributed by atoms with E-state index in [-0.39, 0.29) is 24.9 Å². The van der Waals surface area contributed by atoms with Crippen molar-refractivity contribution in [3.63, 3.8) is 0 Å². The molecular weight excluding hydrogens is 268 g/mol. The van der Waals surface area contributed by atoms with Crippen molar-refractivity contribution in [2.24, 2.45) is 5.73 Å². The van der Waals surface area contributed by atoms with E-state index in [9.17, 15) is 9.59 Å². The van der Waals surface area contributed by atoms with Crippen LogP contribution in [-0.4, -0.2) is 24.0 Å². The molecule has 0 bridgehead atoms. The molecule has 0 aliphatic carbocycles. The summed E-state index contributed by atoms with van der Waals surface area (Å²) in [4.78, 5) is 22.6. The zero-order chi connectivity index (χ0) is 15.7. The summed E-state index contributed by atoms with van der Waals surface area (Å²) >= 11 is 0. The van der Waals surface area contributed by atoms with Crippen LogP contribution < -0.4 is 11.1 Å². The third-order valence-corrected chi connectivity index (χ3v) is 3.09. The second-order valence-electron chi connectivity index (χ2n) is 5.56. The molecule has 5 nitrogen and oxygen atoms in total. The lowest BCUT2D eigenvalue weighted by Gasteiger charge is -2.23. The molecule has 0 heterocycles. The van der Waals surface area contributed by atoms with Gasteiger partial charge in [0.1, 0.15) is 6.61 Å². The van der Waals surface area contributed by atoms with Crippen molar-refractivity contribution >= 4 is 11.9 Å². The Balaban J connectivity index is 2.26. The minimum absolute atomic E-state index is 0.0593. The molecule has 0 fully saturated rings. The first kappa shape index (κ1) is 17.2. The van der Waals surface area contributed by atoms with Gasteiger partial charge in [-0.1, -0.05) is 30.3 Å². The quantitative estimate of drug-likeness (QED) is 0.565. The van der Waals surface area contributed by atoms with Crippen molar-refractivity contribution in [1.29, 1.82) is 0 Å². The average molecular weight is 292 g/mol. The highest BCUT2D eigenvalue weighted by molar-refractivity contribution is 5.72. The second-order valence-corrected chi connectivity index (χ2v) is 5.56. The summed E-state index contributed by atoms with van der Waals surface area (Å²) in [7, 11) is 0. The minimum atomic E-state index is -0.619. The van der Waals surface area contributed by atoms with E-state index in [0.29, 0.717) is 13.0 Å². The van der Waals surface area contributed by atoms with E-state index in [1.165, 1.54) is 6.92 Å². The van der Waals surface area contributed by atoms with Gasteiger partial charge in [-0.05, 0) is 25.3 Å². The van der Waals surface area contributed by atoms with Crippen molar-refractivity contribution < 1.29 is 14.3 Å². The van der Waals surface area contributed by atoms with Gasteiger partial charge in [0.15, 0.2) is 0 Å². The summed E-state index contributed by atoms with van der Waals surface area (Å²) < 4.78 is 5.22. The van der Waals surface area contributed by atoms with Gasteiger partial charge in [-0.3, -0.25) is 9.59 Å². The molecule has 21 heavy (non-hydrogen) atoms. The molecule has 1 aromatic rings. The summed E-state index contributed by atoms with van der Waals surface area (Å²) in [6.45, 7) is 4.13. The van der Waals surface area contributed by atoms with Gasteiger partial charge in [0.2, 0.25) is 5.91 Å². The average Bonchev–Trinajstić information content (AvgIpc) is 2.42. The number of nitrogens with one attached hydrogen (secondary N) is 1. The summed E-state index contributed by atoms with van der Waals surface area (Å²) in [6, 6.07) is 9.53. The van der Waals surface area contributed by atoms with Gasteiger partial charge < -0.3 is 15.8 Å². The van der Waals surface area contributed by atoms with Crippen LogP contribution in [0.1, 0.15) is 38.7 Å². The van der Waals surface area contributed by atoms with E-state index < -0.39 is 5.54 Å². The zero-order valence-electron chi connectivity index (χ0n) is 12.7. The number of carbonyl (C=O) groups is 2. The Bertz CT molecular complexity index is 458. The van der Waals surface area contributed by atoms with Gasteiger partial charge in [-0.2, -0.15) is 0 Å². The fourth-order valence-corrected chi connectivity index (χ4v) is 1.96. The summed E-state index contributed by atoms with van der Waals surface area (Å²) in [6.07, 6.45) is 1.55. The van der Waals surface area contributed by atoms with Crippen molar-refractivity contribution in [2.45, 2.75) is 45.3 Å². The Labute approximate surface area is 125 Å². The maximum Gasteiger partial charge on any atom is 0.307 e. The topological polar surface area (TPSA) is 81.4 Å². The van der Waals surface area contributed by atoms with E-state index in [2.05, 4.69) is 5.32 Å². The number of carbonyl (C=O) groups excluding carboxylic acids is 2. The van der Waals surface area contributed by atoms with Gasteiger partial charge in [0.05, 0.1) is 6.42 Å². The van der Waals surface area contributed by atoms with Crippen molar-refractivity contribution in [3.05, 3.63) is 35.9 Å². The van der Waals surface area contributed by atoms with Gasteiger partial charge >= 0.3 is 5.97 Å². The predicted octanol–water partition coefficient (Wildman–Crippen LogP) is 1.75. The third kappa shape index (κ3) is 8.09. The van der Waals surface area contributed by atoms with Crippen molar-refractivity contribution in [1.82, 2.24) is 5.32 Å². The smallest absolute Gasteiger partial charge is 0.307 e. The maximum atomic E-state index is 11.8. The fourth-order valence-electron chi connectivity index (χ4n) is 1.96. The molecule has 0 aromatic heterocycles. The number of hydrogen-bond donors (Lipinski definition) is 2. The first-order valence-electron chi connectivity index (χ1n) is 7.12. The highest BCUT2D eigenvalue weighted by Gasteiger charge is 2.23. The molecule has 1 aromatic carbocycles. The van der Waals surface area contributed by atoms with E-state index >= 15 is 0 Å². The molecule has 0 saturated heterocycles. The molecule has 0 aliphatic rings. The lowest BCUT2D eigenvalue weighted by atomic mass is 9.93. The molecule has 3 N–H and O–H groups in total. The molecule has 1 atom stereocenters. The van der Waals surface area contributed by atoms with Gasteiger partial charge in [-0.25, -0.2) is 0 Å². The first-order valence-corrected chi connectivity index (χ1v) is 7.12. The largest absolute Gasteiger partial charge is 0.461 e. The fraction of sp³-hybridized carbons (Fsp3) is 0.500. The highest BCUT2D eigenvalue weighted by atomic mass is 16.5. The summed E-state index contributed by atoms with van der Waals surface area (Å²) in [5.74, 6) is -0.362. The van der Waals surface area contributed by atoms with E-state index in [1.807, 2.05) is 37.3 Å². The normalized spacial score (nSPS) is 13.3. The number of rotatable bonds is 8. The molecule has 116 valence electrons. The van der Waals surface area contributed by atoms with Gasteiger partial charge in [0.25, 0.3) is 0 Å². The number of ether oxygens (including phenoxy) is 1.